The van der Waals surface area contributed by atoms with Gasteiger partial charge < -0.3 is 11.5 Å². The number of pyridine rings is 3. The van der Waals surface area contributed by atoms with E-state index in [4.69, 9.17) is 11.5 Å². The summed E-state index contributed by atoms with van der Waals surface area (Å²) in [4.78, 5) is 12.6. The fraction of sp³-hybridized carbons (Fsp3) is 0.0714. The molecule has 4 N–H and O–H groups in total. The molecule has 0 spiro atoms. The second-order valence-corrected chi connectivity index (χ2v) is 4.41. The van der Waals surface area contributed by atoms with Crippen LogP contribution >= 0.6 is 0 Å². The number of nitrogens with two attached hydrogens (primary N) is 2. The smallest absolute Gasteiger partial charge is 0.133 e. The van der Waals surface area contributed by atoms with Crippen LogP contribution in [0.1, 0.15) is 5.56 Å². The van der Waals surface area contributed by atoms with Crippen LogP contribution < -0.4 is 11.5 Å². The monoisotopic (exact) mass is 291 g/mol. The van der Waals surface area contributed by atoms with Crippen molar-refractivity contribution in [2.24, 2.45) is 0 Å². The van der Waals surface area contributed by atoms with E-state index in [2.05, 4.69) is 15.0 Å². The molecule has 0 saturated carbocycles. The number of hydrogen-bond acceptors (Lipinski definition) is 5. The van der Waals surface area contributed by atoms with Gasteiger partial charge in [0.25, 0.3) is 0 Å². The van der Waals surface area contributed by atoms with Crippen molar-refractivity contribution < 1.29 is 37.7 Å². The molecule has 6 heteroatoms. The predicted molar refractivity (Wildman–Crippen MR) is 76.3 cm³/mol. The van der Waals surface area contributed by atoms with Gasteiger partial charge in [0, 0.05) is 67.3 Å². The molecule has 5 nitrogen and oxygen atoms in total. The maximum absolute atomic E-state index is 5.98. The number of aryl methyl sites for hydroxylation is 1. The summed E-state index contributed by atoms with van der Waals surface area (Å²) in [5, 5.41) is 1.73. The summed E-state index contributed by atoms with van der Waals surface area (Å²) in [6.45, 7) is 2.01. The molecule has 0 aliphatic heterocycles. The van der Waals surface area contributed by atoms with Crippen LogP contribution in [0.4, 0.5) is 11.6 Å². The molecular formula is C14H13ArN5. The van der Waals surface area contributed by atoms with Crippen molar-refractivity contribution in [3.63, 3.8) is 0 Å². The first-order valence-electron chi connectivity index (χ1n) is 5.88. The van der Waals surface area contributed by atoms with Gasteiger partial charge in [-0.25, -0.2) is 9.97 Å². The molecule has 20 heavy (non-hydrogen) atoms. The van der Waals surface area contributed by atoms with Crippen LogP contribution in [-0.4, -0.2) is 15.0 Å². The molecule has 3 rings (SSSR count). The average molecular weight is 291 g/mol. The molecule has 0 aliphatic rings. The Balaban J connectivity index is 0.00000147. The molecule has 102 valence electrons. The first kappa shape index (κ1) is 15.0. The first-order chi connectivity index (χ1) is 9.15. The molecule has 0 amide bonds. The van der Waals surface area contributed by atoms with E-state index in [-0.39, 0.29) is 37.7 Å². The molecule has 0 bridgehead atoms. The number of aromatic nitrogens is 3. The topological polar surface area (TPSA) is 90.7 Å². The fourth-order valence-corrected chi connectivity index (χ4v) is 2.06. The van der Waals surface area contributed by atoms with Crippen molar-refractivity contribution in [1.29, 1.82) is 0 Å². The third kappa shape index (κ3) is 2.70. The number of nitrogens with zero attached hydrogens (tertiary/aromatic N) is 3. The van der Waals surface area contributed by atoms with Gasteiger partial charge in [-0.05, 0) is 36.1 Å². The van der Waals surface area contributed by atoms with Crippen molar-refractivity contribution in [2.45, 2.75) is 6.92 Å². The fourth-order valence-electron chi connectivity index (χ4n) is 2.06. The largest absolute Gasteiger partial charge is 0.384 e. The van der Waals surface area contributed by atoms with Crippen molar-refractivity contribution in [1.82, 2.24) is 15.0 Å². The third-order valence-corrected chi connectivity index (χ3v) is 3.08. The van der Waals surface area contributed by atoms with Gasteiger partial charge in [-0.2, -0.15) is 0 Å². The summed E-state index contributed by atoms with van der Waals surface area (Å²) in [6, 6.07) is 5.69. The van der Waals surface area contributed by atoms with Gasteiger partial charge in [0.15, 0.2) is 0 Å². The summed E-state index contributed by atoms with van der Waals surface area (Å²) in [6.07, 6.45) is 5.19. The molecule has 0 atom stereocenters. The number of anilines is 2. The summed E-state index contributed by atoms with van der Waals surface area (Å²) in [5.74, 6) is 0.912. The number of hydrogen-bond donors (Lipinski definition) is 2. The van der Waals surface area contributed by atoms with Crippen LogP contribution in [0.2, 0.25) is 0 Å². The minimum absolute atomic E-state index is 0. The molecule has 3 heterocycles. The Morgan fingerprint density at radius 1 is 1.10 bits per heavy atom. The summed E-state index contributed by atoms with van der Waals surface area (Å²) in [7, 11) is 0. The van der Waals surface area contributed by atoms with Gasteiger partial charge in [-0.1, -0.05) is 0 Å². The summed E-state index contributed by atoms with van der Waals surface area (Å²) >= 11 is 0. The van der Waals surface area contributed by atoms with Gasteiger partial charge in [0.1, 0.15) is 11.6 Å². The zero-order valence-corrected chi connectivity index (χ0v) is 11.5. The van der Waals surface area contributed by atoms with Gasteiger partial charge in [-0.3, -0.25) is 4.98 Å². The van der Waals surface area contributed by atoms with Crippen LogP contribution in [-0.2, 0) is 0 Å². The number of nitrogen functional groups attached to an aromatic ring is 2. The van der Waals surface area contributed by atoms with Crippen molar-refractivity contribution in [3.8, 4) is 11.3 Å². The standard InChI is InChI=1S/C14H13N5.Ar/c1-8-2-3-17-6-10(8)12-4-9-5-13(15)18-7-11(9)14(16)19-12;/h2-7H,1H3,(H2,15,18)(H2,16,19);. The van der Waals surface area contributed by atoms with Gasteiger partial charge in [-0.15, -0.1) is 0 Å². The Hall–Kier alpha value is -1.43. The third-order valence-electron chi connectivity index (χ3n) is 3.08. The van der Waals surface area contributed by atoms with Crippen LogP contribution in [0.5, 0.6) is 0 Å². The zero-order valence-electron chi connectivity index (χ0n) is 10.8. The Labute approximate surface area is 146 Å². The molecular weight excluding hydrogens is 278 g/mol. The summed E-state index contributed by atoms with van der Waals surface area (Å²) in [5.41, 5.74) is 14.5. The molecule has 3 aromatic rings. The molecule has 0 aliphatic carbocycles. The van der Waals surface area contributed by atoms with Crippen LogP contribution in [0, 0.1) is 44.7 Å². The Bertz CT molecular complexity index is 773. The van der Waals surface area contributed by atoms with Crippen molar-refractivity contribution in [2.75, 3.05) is 11.5 Å². The zero-order chi connectivity index (χ0) is 13.4. The molecule has 0 unspecified atom stereocenters. The van der Waals surface area contributed by atoms with Gasteiger partial charge in [0.05, 0.1) is 5.69 Å². The molecule has 0 saturated heterocycles. The van der Waals surface area contributed by atoms with E-state index in [1.165, 1.54) is 0 Å². The van der Waals surface area contributed by atoms with E-state index < -0.39 is 0 Å². The minimum Gasteiger partial charge on any atom is -0.384 e. The summed E-state index contributed by atoms with van der Waals surface area (Å²) < 4.78 is 0. The quantitative estimate of drug-likeness (QED) is 0.717. The van der Waals surface area contributed by atoms with E-state index in [0.717, 1.165) is 27.6 Å². The number of fused-ring (bicyclic) bond motifs is 1. The van der Waals surface area contributed by atoms with E-state index in [0.29, 0.717) is 11.6 Å². The van der Waals surface area contributed by atoms with Crippen LogP contribution in [0.3, 0.4) is 0 Å². The maximum Gasteiger partial charge on any atom is 0.133 e. The van der Waals surface area contributed by atoms with Crippen LogP contribution in [0.15, 0.2) is 36.8 Å². The Kier molecular flexibility index (Phi) is 4.42. The van der Waals surface area contributed by atoms with Crippen LogP contribution in [0.25, 0.3) is 22.0 Å². The van der Waals surface area contributed by atoms with E-state index >= 15 is 0 Å². The maximum atomic E-state index is 5.98. The average Bonchev–Trinajstić information content (AvgIpc) is 2.38. The molecule has 0 fully saturated rings. The second-order valence-electron chi connectivity index (χ2n) is 4.41. The molecule has 3 aromatic heterocycles. The van der Waals surface area contributed by atoms with Crippen molar-refractivity contribution >= 4 is 22.4 Å². The Morgan fingerprint density at radius 2 is 1.90 bits per heavy atom. The van der Waals surface area contributed by atoms with E-state index in [9.17, 15) is 0 Å². The first-order valence-corrected chi connectivity index (χ1v) is 5.88. The number of rotatable bonds is 1. The van der Waals surface area contributed by atoms with Gasteiger partial charge in [0.2, 0.25) is 0 Å². The van der Waals surface area contributed by atoms with Gasteiger partial charge >= 0.3 is 0 Å². The van der Waals surface area contributed by atoms with E-state index in [1.807, 2.05) is 19.1 Å². The normalized spacial score (nSPS) is 10.2. The molecule has 0 aromatic carbocycles. The second kappa shape index (κ2) is 5.91. The van der Waals surface area contributed by atoms with Crippen molar-refractivity contribution in [3.05, 3.63) is 42.4 Å². The predicted octanol–water partition coefficient (Wildman–Crippen LogP) is 2.16. The SMILES string of the molecule is Cc1ccncc1-c1cc2cc(N)ncc2c(N)n1.[Ar]. The Morgan fingerprint density at radius 3 is 2.65 bits per heavy atom. The molecule has 0 radical (unpaired) electrons. The minimum atomic E-state index is 0. The van der Waals surface area contributed by atoms with E-state index in [1.54, 1.807) is 24.7 Å².